The first-order chi connectivity index (χ1) is 14.9. The number of pyridine rings is 1. The fourth-order valence-corrected chi connectivity index (χ4v) is 5.20. The first-order valence-electron chi connectivity index (χ1n) is 9.81. The number of sulfonamides is 1. The number of hydrogen-bond donors (Lipinski definition) is 0. The number of amides is 1. The number of piperazine rings is 1. The molecular weight excluding hydrogens is 418 g/mol. The molecule has 162 valence electrons. The van der Waals surface area contributed by atoms with Crippen LogP contribution in [0.25, 0.3) is 10.9 Å². The monoisotopic (exact) mass is 441 g/mol. The number of carbonyl (C=O) groups excluding carboxylic acids is 1. The van der Waals surface area contributed by atoms with Crippen molar-refractivity contribution in [3.63, 3.8) is 0 Å². The molecule has 0 saturated carbocycles. The van der Waals surface area contributed by atoms with Gasteiger partial charge >= 0.3 is 0 Å². The van der Waals surface area contributed by atoms with Gasteiger partial charge in [0.1, 0.15) is 22.1 Å². The molecule has 1 aliphatic rings. The van der Waals surface area contributed by atoms with Crippen LogP contribution in [0, 0.1) is 0 Å². The van der Waals surface area contributed by atoms with Crippen molar-refractivity contribution in [1.29, 1.82) is 0 Å². The molecule has 3 aromatic rings. The van der Waals surface area contributed by atoms with Crippen LogP contribution in [0.5, 0.6) is 11.5 Å². The summed E-state index contributed by atoms with van der Waals surface area (Å²) in [6, 6.07) is 15.8. The number of ether oxygens (including phenoxy) is 2. The highest BCUT2D eigenvalue weighted by molar-refractivity contribution is 7.89. The molecule has 2 heterocycles. The molecule has 0 aliphatic carbocycles. The van der Waals surface area contributed by atoms with Gasteiger partial charge in [0.15, 0.2) is 0 Å². The van der Waals surface area contributed by atoms with Crippen LogP contribution in [0.15, 0.2) is 59.5 Å². The van der Waals surface area contributed by atoms with E-state index < -0.39 is 10.0 Å². The van der Waals surface area contributed by atoms with Crippen LogP contribution in [0.2, 0.25) is 0 Å². The lowest BCUT2D eigenvalue weighted by atomic mass is 10.2. The predicted molar refractivity (Wildman–Crippen MR) is 116 cm³/mol. The summed E-state index contributed by atoms with van der Waals surface area (Å²) >= 11 is 0. The Morgan fingerprint density at radius 1 is 0.935 bits per heavy atom. The molecule has 31 heavy (non-hydrogen) atoms. The number of nitrogens with zero attached hydrogens (tertiary/aromatic N) is 3. The standard InChI is InChI=1S/C22H23N3O5S/c1-29-17-8-10-20(30-2)21(15-17)31(27,28)25-13-11-24(12-14-25)22(26)19-9-7-16-5-3-4-6-18(16)23-19/h3-10,15H,11-14H2,1-2H3. The zero-order valence-corrected chi connectivity index (χ0v) is 18.1. The normalized spacial score (nSPS) is 15.1. The number of aromatic nitrogens is 1. The number of para-hydroxylation sites is 1. The molecule has 0 atom stereocenters. The molecule has 0 bridgehead atoms. The fourth-order valence-electron chi connectivity index (χ4n) is 3.60. The maximum atomic E-state index is 13.2. The van der Waals surface area contributed by atoms with Crippen LogP contribution in [0.1, 0.15) is 10.5 Å². The lowest BCUT2D eigenvalue weighted by Gasteiger charge is -2.34. The molecule has 0 N–H and O–H groups in total. The van der Waals surface area contributed by atoms with Gasteiger partial charge in [-0.1, -0.05) is 24.3 Å². The van der Waals surface area contributed by atoms with Crippen molar-refractivity contribution in [2.45, 2.75) is 4.90 Å². The fraction of sp³-hybridized carbons (Fsp3) is 0.273. The maximum absolute atomic E-state index is 13.2. The van der Waals surface area contributed by atoms with Gasteiger partial charge in [0.05, 0.1) is 19.7 Å². The van der Waals surface area contributed by atoms with E-state index in [2.05, 4.69) is 4.98 Å². The summed E-state index contributed by atoms with van der Waals surface area (Å²) in [6.07, 6.45) is 0. The van der Waals surface area contributed by atoms with Crippen molar-refractivity contribution >= 4 is 26.8 Å². The highest BCUT2D eigenvalue weighted by Gasteiger charge is 2.33. The van der Waals surface area contributed by atoms with Crippen molar-refractivity contribution in [1.82, 2.24) is 14.2 Å². The van der Waals surface area contributed by atoms with Gasteiger partial charge in [-0.05, 0) is 24.3 Å². The van der Waals surface area contributed by atoms with Gasteiger partial charge < -0.3 is 14.4 Å². The van der Waals surface area contributed by atoms with Crippen molar-refractivity contribution in [3.05, 3.63) is 60.3 Å². The molecule has 0 radical (unpaired) electrons. The second-order valence-corrected chi connectivity index (χ2v) is 9.01. The summed E-state index contributed by atoms with van der Waals surface area (Å²) in [5.74, 6) is 0.469. The third-order valence-corrected chi connectivity index (χ3v) is 7.25. The number of rotatable bonds is 5. The van der Waals surface area contributed by atoms with Gasteiger partial charge in [-0.15, -0.1) is 0 Å². The third kappa shape index (κ3) is 4.06. The zero-order chi connectivity index (χ0) is 22.0. The van der Waals surface area contributed by atoms with Gasteiger partial charge in [0.2, 0.25) is 10.0 Å². The number of methoxy groups -OCH3 is 2. The highest BCUT2D eigenvalue weighted by Crippen LogP contribution is 2.31. The molecule has 4 rings (SSSR count). The van der Waals surface area contributed by atoms with Crippen LogP contribution in [0.3, 0.4) is 0 Å². The van der Waals surface area contributed by atoms with Crippen molar-refractivity contribution in [2.75, 3.05) is 40.4 Å². The Bertz CT molecular complexity index is 1220. The average molecular weight is 442 g/mol. The Morgan fingerprint density at radius 3 is 2.39 bits per heavy atom. The topological polar surface area (TPSA) is 89.0 Å². The van der Waals surface area contributed by atoms with E-state index in [1.165, 1.54) is 24.6 Å². The summed E-state index contributed by atoms with van der Waals surface area (Å²) in [7, 11) is -0.905. The average Bonchev–Trinajstić information content (AvgIpc) is 2.82. The summed E-state index contributed by atoms with van der Waals surface area (Å²) in [5.41, 5.74) is 1.10. The Labute approximate surface area is 181 Å². The second kappa shape index (κ2) is 8.52. The van der Waals surface area contributed by atoms with E-state index in [9.17, 15) is 13.2 Å². The summed E-state index contributed by atoms with van der Waals surface area (Å²) in [4.78, 5) is 19.0. The van der Waals surface area contributed by atoms with E-state index in [-0.39, 0.29) is 42.7 Å². The van der Waals surface area contributed by atoms with Crippen LogP contribution in [-0.2, 0) is 10.0 Å². The molecule has 1 amide bonds. The first kappa shape index (κ1) is 21.1. The van der Waals surface area contributed by atoms with Crippen LogP contribution < -0.4 is 9.47 Å². The van der Waals surface area contributed by atoms with E-state index >= 15 is 0 Å². The molecule has 9 heteroatoms. The van der Waals surface area contributed by atoms with E-state index in [4.69, 9.17) is 9.47 Å². The maximum Gasteiger partial charge on any atom is 0.272 e. The van der Waals surface area contributed by atoms with Gasteiger partial charge in [-0.3, -0.25) is 4.79 Å². The van der Waals surface area contributed by atoms with Gasteiger partial charge in [-0.2, -0.15) is 4.31 Å². The highest BCUT2D eigenvalue weighted by atomic mass is 32.2. The largest absolute Gasteiger partial charge is 0.497 e. The summed E-state index contributed by atoms with van der Waals surface area (Å²) in [5, 5.41) is 0.960. The number of benzene rings is 2. The molecule has 1 aliphatic heterocycles. The Hall–Kier alpha value is -3.17. The van der Waals surface area contributed by atoms with Gasteiger partial charge in [0, 0.05) is 37.6 Å². The molecule has 8 nitrogen and oxygen atoms in total. The molecule has 2 aromatic carbocycles. The molecule has 0 unspecified atom stereocenters. The van der Waals surface area contributed by atoms with Gasteiger partial charge in [-0.25, -0.2) is 13.4 Å². The van der Waals surface area contributed by atoms with Crippen LogP contribution in [0.4, 0.5) is 0 Å². The minimum absolute atomic E-state index is 0.0466. The predicted octanol–water partition coefficient (Wildman–Crippen LogP) is 2.40. The zero-order valence-electron chi connectivity index (χ0n) is 17.3. The number of hydrogen-bond acceptors (Lipinski definition) is 6. The second-order valence-electron chi connectivity index (χ2n) is 7.10. The van der Waals surface area contributed by atoms with Crippen LogP contribution in [-0.4, -0.2) is 68.9 Å². The first-order valence-corrected chi connectivity index (χ1v) is 11.3. The van der Waals surface area contributed by atoms with Crippen molar-refractivity contribution in [3.8, 4) is 11.5 Å². The van der Waals surface area contributed by atoms with E-state index in [0.29, 0.717) is 11.4 Å². The quantitative estimate of drug-likeness (QED) is 0.604. The SMILES string of the molecule is COc1ccc(OC)c(S(=O)(=O)N2CCN(C(=O)c3ccc4ccccc4n3)CC2)c1. The molecule has 0 spiro atoms. The van der Waals surface area contributed by atoms with E-state index in [1.807, 2.05) is 30.3 Å². The minimum atomic E-state index is -3.81. The molecule has 1 fully saturated rings. The lowest BCUT2D eigenvalue weighted by Crippen LogP contribution is -2.50. The van der Waals surface area contributed by atoms with E-state index in [0.717, 1.165) is 10.9 Å². The number of fused-ring (bicyclic) bond motifs is 1. The van der Waals surface area contributed by atoms with Crippen molar-refractivity contribution < 1.29 is 22.7 Å². The Balaban J connectivity index is 1.50. The third-order valence-electron chi connectivity index (χ3n) is 5.33. The van der Waals surface area contributed by atoms with Gasteiger partial charge in [0.25, 0.3) is 5.91 Å². The smallest absolute Gasteiger partial charge is 0.272 e. The summed E-state index contributed by atoms with van der Waals surface area (Å²) < 4.78 is 38.2. The van der Waals surface area contributed by atoms with Crippen molar-refractivity contribution in [2.24, 2.45) is 0 Å². The molecule has 1 saturated heterocycles. The van der Waals surface area contributed by atoms with E-state index in [1.54, 1.807) is 23.1 Å². The lowest BCUT2D eigenvalue weighted by molar-refractivity contribution is 0.0692. The minimum Gasteiger partial charge on any atom is -0.497 e. The Morgan fingerprint density at radius 2 is 1.68 bits per heavy atom. The molecular formula is C22H23N3O5S. The summed E-state index contributed by atoms with van der Waals surface area (Å²) in [6.45, 7) is 0.918. The van der Waals surface area contributed by atoms with Crippen LogP contribution >= 0.6 is 0 Å². The molecule has 1 aromatic heterocycles. The number of carbonyl (C=O) groups is 1. The Kier molecular flexibility index (Phi) is 5.79.